The first-order valence-corrected chi connectivity index (χ1v) is 8.77. The molecule has 0 unspecified atom stereocenters. The smallest absolute Gasteiger partial charge is 0.311 e. The van der Waals surface area contributed by atoms with Crippen molar-refractivity contribution >= 4 is 5.97 Å². The van der Waals surface area contributed by atoms with E-state index in [1.807, 2.05) is 24.3 Å². The summed E-state index contributed by atoms with van der Waals surface area (Å²) in [6, 6.07) is 16.3. The number of ether oxygens (including phenoxy) is 1. The summed E-state index contributed by atoms with van der Waals surface area (Å²) in [4.78, 5) is 12.0. The van der Waals surface area contributed by atoms with Gasteiger partial charge in [0.1, 0.15) is 5.75 Å². The topological polar surface area (TPSA) is 26.3 Å². The second-order valence-electron chi connectivity index (χ2n) is 7.31. The van der Waals surface area contributed by atoms with Gasteiger partial charge in [0.15, 0.2) is 0 Å². The summed E-state index contributed by atoms with van der Waals surface area (Å²) >= 11 is 0. The van der Waals surface area contributed by atoms with Gasteiger partial charge in [0.05, 0.1) is 0 Å². The van der Waals surface area contributed by atoms with Crippen molar-refractivity contribution in [2.24, 2.45) is 0 Å². The summed E-state index contributed by atoms with van der Waals surface area (Å²) < 4.78 is 5.41. The van der Waals surface area contributed by atoms with Crippen LogP contribution in [-0.4, -0.2) is 5.97 Å². The number of benzene rings is 2. The average Bonchev–Trinajstić information content (AvgIpc) is 2.55. The molecule has 2 aromatic rings. The van der Waals surface area contributed by atoms with Gasteiger partial charge in [0.25, 0.3) is 0 Å². The van der Waals surface area contributed by atoms with Gasteiger partial charge < -0.3 is 4.74 Å². The van der Waals surface area contributed by atoms with E-state index < -0.39 is 0 Å². The molecule has 0 aromatic heterocycles. The Balaban J connectivity index is 1.84. The van der Waals surface area contributed by atoms with Gasteiger partial charge in [-0.15, -0.1) is 0 Å². The molecule has 0 N–H and O–H groups in total. The van der Waals surface area contributed by atoms with Crippen LogP contribution < -0.4 is 4.74 Å². The normalized spacial score (nSPS) is 11.3. The van der Waals surface area contributed by atoms with Gasteiger partial charge in [-0.1, -0.05) is 70.5 Å². The van der Waals surface area contributed by atoms with Gasteiger partial charge in [0, 0.05) is 6.42 Å². The van der Waals surface area contributed by atoms with Crippen LogP contribution in [0.25, 0.3) is 0 Å². The Kier molecular flexibility index (Phi) is 6.19. The van der Waals surface area contributed by atoms with Crippen LogP contribution in [0.15, 0.2) is 48.5 Å². The Morgan fingerprint density at radius 3 is 1.96 bits per heavy atom. The highest BCUT2D eigenvalue weighted by Gasteiger charge is 2.13. The zero-order valence-corrected chi connectivity index (χ0v) is 15.3. The van der Waals surface area contributed by atoms with Crippen LogP contribution in [-0.2, 0) is 23.1 Å². The van der Waals surface area contributed by atoms with E-state index in [0.717, 1.165) is 12.8 Å². The molecule has 24 heavy (non-hydrogen) atoms. The maximum absolute atomic E-state index is 12.0. The molecule has 2 nitrogen and oxygen atoms in total. The molecule has 2 rings (SSSR count). The molecule has 0 radical (unpaired) electrons. The van der Waals surface area contributed by atoms with Crippen LogP contribution in [0, 0.1) is 0 Å². The van der Waals surface area contributed by atoms with E-state index in [2.05, 4.69) is 52.0 Å². The third-order valence-corrected chi connectivity index (χ3v) is 4.13. The van der Waals surface area contributed by atoms with E-state index in [-0.39, 0.29) is 11.4 Å². The first kappa shape index (κ1) is 18.3. The van der Waals surface area contributed by atoms with Crippen LogP contribution in [0.2, 0.25) is 0 Å². The standard InChI is InChI=1S/C22H28O2/c1-5-6-17-9-14-20(15-10-17)24-21(23)16-11-18-7-12-19(13-8-18)22(2,3)4/h7-10,12-15H,5-6,11,16H2,1-4H3. The van der Waals surface area contributed by atoms with E-state index in [0.29, 0.717) is 18.6 Å². The molecule has 0 aliphatic carbocycles. The molecule has 0 atom stereocenters. The number of hydrogen-bond donors (Lipinski definition) is 0. The second kappa shape index (κ2) is 8.14. The maximum Gasteiger partial charge on any atom is 0.311 e. The lowest BCUT2D eigenvalue weighted by Crippen LogP contribution is -2.11. The van der Waals surface area contributed by atoms with Crippen molar-refractivity contribution in [3.63, 3.8) is 0 Å². The van der Waals surface area contributed by atoms with Gasteiger partial charge in [-0.3, -0.25) is 4.79 Å². The second-order valence-corrected chi connectivity index (χ2v) is 7.31. The molecule has 0 saturated heterocycles. The summed E-state index contributed by atoms with van der Waals surface area (Å²) in [5.41, 5.74) is 3.90. The molecule has 2 aromatic carbocycles. The zero-order chi connectivity index (χ0) is 17.6. The van der Waals surface area contributed by atoms with Crippen LogP contribution >= 0.6 is 0 Å². The van der Waals surface area contributed by atoms with Crippen LogP contribution in [0.3, 0.4) is 0 Å². The molecule has 0 heterocycles. The highest BCUT2D eigenvalue weighted by molar-refractivity contribution is 5.72. The van der Waals surface area contributed by atoms with Crippen molar-refractivity contribution in [3.05, 3.63) is 65.2 Å². The Labute approximate surface area is 145 Å². The third kappa shape index (κ3) is 5.52. The SMILES string of the molecule is CCCc1ccc(OC(=O)CCc2ccc(C(C)(C)C)cc2)cc1. The molecule has 0 amide bonds. The van der Waals surface area contributed by atoms with Gasteiger partial charge in [-0.2, -0.15) is 0 Å². The van der Waals surface area contributed by atoms with E-state index >= 15 is 0 Å². The fourth-order valence-electron chi connectivity index (χ4n) is 2.61. The predicted octanol–water partition coefficient (Wildman–Crippen LogP) is 5.47. The van der Waals surface area contributed by atoms with Gasteiger partial charge in [0.2, 0.25) is 0 Å². The van der Waals surface area contributed by atoms with Crippen LogP contribution in [0.1, 0.15) is 57.2 Å². The molecule has 0 aliphatic heterocycles. The minimum Gasteiger partial charge on any atom is -0.427 e. The minimum absolute atomic E-state index is 0.154. The van der Waals surface area contributed by atoms with Crippen molar-refractivity contribution in [1.29, 1.82) is 0 Å². The van der Waals surface area contributed by atoms with E-state index in [1.165, 1.54) is 16.7 Å². The van der Waals surface area contributed by atoms with Gasteiger partial charge in [-0.25, -0.2) is 0 Å². The molecule has 0 saturated carbocycles. The number of carbonyl (C=O) groups is 1. The monoisotopic (exact) mass is 324 g/mol. The summed E-state index contributed by atoms with van der Waals surface area (Å²) in [6.45, 7) is 8.75. The number of aryl methyl sites for hydroxylation is 2. The molecule has 0 spiro atoms. The fourth-order valence-corrected chi connectivity index (χ4v) is 2.61. The Morgan fingerprint density at radius 1 is 0.875 bits per heavy atom. The van der Waals surface area contributed by atoms with Crippen LogP contribution in [0.5, 0.6) is 5.75 Å². The summed E-state index contributed by atoms with van der Waals surface area (Å²) in [5, 5.41) is 0. The van der Waals surface area contributed by atoms with Gasteiger partial charge >= 0.3 is 5.97 Å². The molecular formula is C22H28O2. The number of hydrogen-bond acceptors (Lipinski definition) is 2. The lowest BCUT2D eigenvalue weighted by atomic mass is 9.86. The van der Waals surface area contributed by atoms with Crippen molar-refractivity contribution in [3.8, 4) is 5.75 Å². The summed E-state index contributed by atoms with van der Waals surface area (Å²) in [6.07, 6.45) is 3.27. The first-order chi connectivity index (χ1) is 11.4. The molecule has 2 heteroatoms. The molecule has 0 fully saturated rings. The Hall–Kier alpha value is -2.09. The van der Waals surface area contributed by atoms with Crippen molar-refractivity contribution in [1.82, 2.24) is 0 Å². The lowest BCUT2D eigenvalue weighted by Gasteiger charge is -2.19. The average molecular weight is 324 g/mol. The number of carbonyl (C=O) groups excluding carboxylic acids is 1. The number of rotatable bonds is 6. The lowest BCUT2D eigenvalue weighted by molar-refractivity contribution is -0.134. The zero-order valence-electron chi connectivity index (χ0n) is 15.3. The van der Waals surface area contributed by atoms with E-state index in [1.54, 1.807) is 0 Å². The largest absolute Gasteiger partial charge is 0.427 e. The summed E-state index contributed by atoms with van der Waals surface area (Å²) in [5.74, 6) is 0.445. The van der Waals surface area contributed by atoms with E-state index in [4.69, 9.17) is 4.74 Å². The van der Waals surface area contributed by atoms with Crippen molar-refractivity contribution in [2.45, 2.75) is 58.8 Å². The molecule has 0 aliphatic rings. The van der Waals surface area contributed by atoms with E-state index in [9.17, 15) is 4.79 Å². The predicted molar refractivity (Wildman–Crippen MR) is 99.5 cm³/mol. The first-order valence-electron chi connectivity index (χ1n) is 8.77. The molecular weight excluding hydrogens is 296 g/mol. The Bertz CT molecular complexity index is 646. The minimum atomic E-state index is -0.182. The van der Waals surface area contributed by atoms with Gasteiger partial charge in [-0.05, 0) is 47.1 Å². The quantitative estimate of drug-likeness (QED) is 0.520. The highest BCUT2D eigenvalue weighted by atomic mass is 16.5. The van der Waals surface area contributed by atoms with Crippen molar-refractivity contribution < 1.29 is 9.53 Å². The third-order valence-electron chi connectivity index (χ3n) is 4.13. The van der Waals surface area contributed by atoms with Crippen molar-refractivity contribution in [2.75, 3.05) is 0 Å². The Morgan fingerprint density at radius 2 is 1.42 bits per heavy atom. The fraction of sp³-hybridized carbons (Fsp3) is 0.409. The number of esters is 1. The highest BCUT2D eigenvalue weighted by Crippen LogP contribution is 2.22. The maximum atomic E-state index is 12.0. The summed E-state index contributed by atoms with van der Waals surface area (Å²) in [7, 11) is 0. The molecule has 128 valence electrons. The molecule has 0 bridgehead atoms. The van der Waals surface area contributed by atoms with Crippen LogP contribution in [0.4, 0.5) is 0 Å².